The normalized spacial score (nSPS) is 10.0. The van der Waals surface area contributed by atoms with E-state index in [2.05, 4.69) is 11.4 Å². The molecule has 5 heteroatoms. The Labute approximate surface area is 164 Å². The van der Waals surface area contributed by atoms with Gasteiger partial charge >= 0.3 is 0 Å². The molecular weight excluding hydrogens is 352 g/mol. The molecule has 3 aromatic carbocycles. The van der Waals surface area contributed by atoms with Gasteiger partial charge in [0, 0.05) is 18.2 Å². The molecular formula is C23H20N2O3. The maximum Gasteiger partial charge on any atom is 0.251 e. The number of benzene rings is 3. The zero-order valence-corrected chi connectivity index (χ0v) is 15.7. The Hall–Kier alpha value is -3.78. The molecule has 28 heavy (non-hydrogen) atoms. The number of aryl methyl sites for hydroxylation is 1. The van der Waals surface area contributed by atoms with Gasteiger partial charge in [0.25, 0.3) is 5.91 Å². The summed E-state index contributed by atoms with van der Waals surface area (Å²) in [6.45, 7) is 2.09. The van der Waals surface area contributed by atoms with E-state index in [4.69, 9.17) is 14.7 Å². The molecule has 0 atom stereocenters. The van der Waals surface area contributed by atoms with Crippen LogP contribution in [0.15, 0.2) is 66.7 Å². The maximum absolute atomic E-state index is 12.2. The number of nitrogens with one attached hydrogen (secondary N) is 1. The zero-order valence-electron chi connectivity index (χ0n) is 15.7. The summed E-state index contributed by atoms with van der Waals surface area (Å²) in [6, 6.07) is 22.2. The fraction of sp³-hybridized carbons (Fsp3) is 0.130. The summed E-state index contributed by atoms with van der Waals surface area (Å²) in [7, 11) is 1.56. The number of ether oxygens (including phenoxy) is 2. The van der Waals surface area contributed by atoms with Crippen LogP contribution in [0.5, 0.6) is 17.2 Å². The number of amides is 1. The van der Waals surface area contributed by atoms with Crippen molar-refractivity contribution in [1.82, 2.24) is 5.32 Å². The van der Waals surface area contributed by atoms with Crippen molar-refractivity contribution in [3.05, 3.63) is 89.0 Å². The van der Waals surface area contributed by atoms with Gasteiger partial charge in [0.05, 0.1) is 11.6 Å². The second-order valence-electron chi connectivity index (χ2n) is 6.19. The number of para-hydroxylation sites is 1. The van der Waals surface area contributed by atoms with Crippen LogP contribution in [0.25, 0.3) is 0 Å². The van der Waals surface area contributed by atoms with E-state index in [1.165, 1.54) is 0 Å². The molecule has 0 aliphatic heterocycles. The molecule has 0 aliphatic rings. The van der Waals surface area contributed by atoms with E-state index in [1.807, 2.05) is 61.5 Å². The van der Waals surface area contributed by atoms with E-state index in [0.29, 0.717) is 22.6 Å². The van der Waals surface area contributed by atoms with E-state index in [-0.39, 0.29) is 12.5 Å². The Kier molecular flexibility index (Phi) is 5.93. The third kappa shape index (κ3) is 4.49. The summed E-state index contributed by atoms with van der Waals surface area (Å²) in [4.78, 5) is 12.2. The molecule has 3 aromatic rings. The Morgan fingerprint density at radius 2 is 1.64 bits per heavy atom. The van der Waals surface area contributed by atoms with Gasteiger partial charge in [0.1, 0.15) is 23.9 Å². The molecule has 0 fully saturated rings. The van der Waals surface area contributed by atoms with E-state index in [0.717, 1.165) is 16.9 Å². The van der Waals surface area contributed by atoms with Crippen molar-refractivity contribution in [2.75, 3.05) is 7.05 Å². The lowest BCUT2D eigenvalue weighted by Gasteiger charge is -2.14. The second kappa shape index (κ2) is 8.74. The quantitative estimate of drug-likeness (QED) is 0.686. The first-order valence-electron chi connectivity index (χ1n) is 8.82. The number of nitriles is 1. The minimum Gasteiger partial charge on any atom is -0.489 e. The third-order valence-electron chi connectivity index (χ3n) is 4.26. The minimum absolute atomic E-state index is 0.221. The molecule has 0 radical (unpaired) electrons. The maximum atomic E-state index is 12.2. The van der Waals surface area contributed by atoms with Crippen LogP contribution in [0.2, 0.25) is 0 Å². The van der Waals surface area contributed by atoms with Crippen LogP contribution in [0.4, 0.5) is 0 Å². The molecule has 0 saturated carbocycles. The molecule has 3 rings (SSSR count). The van der Waals surface area contributed by atoms with Crippen LogP contribution in [0, 0.1) is 18.3 Å². The average molecular weight is 372 g/mol. The minimum atomic E-state index is -0.245. The number of hydrogen-bond acceptors (Lipinski definition) is 4. The van der Waals surface area contributed by atoms with E-state index >= 15 is 0 Å². The highest BCUT2D eigenvalue weighted by molar-refractivity contribution is 5.96. The van der Waals surface area contributed by atoms with Crippen molar-refractivity contribution in [3.8, 4) is 23.3 Å². The number of rotatable bonds is 6. The van der Waals surface area contributed by atoms with Crippen molar-refractivity contribution in [3.63, 3.8) is 0 Å². The van der Waals surface area contributed by atoms with Gasteiger partial charge in [-0.2, -0.15) is 5.26 Å². The number of nitrogens with zero attached hydrogens (tertiary/aromatic N) is 1. The molecule has 5 nitrogen and oxygen atoms in total. The Morgan fingerprint density at radius 1 is 1.00 bits per heavy atom. The lowest BCUT2D eigenvalue weighted by Crippen LogP contribution is -2.21. The van der Waals surface area contributed by atoms with Gasteiger partial charge < -0.3 is 14.8 Å². The van der Waals surface area contributed by atoms with Crippen molar-refractivity contribution in [2.24, 2.45) is 0 Å². The molecule has 0 aliphatic carbocycles. The lowest BCUT2D eigenvalue weighted by molar-refractivity contribution is 0.0960. The average Bonchev–Trinajstić information content (AvgIpc) is 2.73. The van der Waals surface area contributed by atoms with Crippen molar-refractivity contribution < 1.29 is 14.3 Å². The third-order valence-corrected chi connectivity index (χ3v) is 4.26. The summed E-state index contributed by atoms with van der Waals surface area (Å²) in [5, 5.41) is 11.8. The molecule has 0 aromatic heterocycles. The SMILES string of the molecule is CNC(=O)c1cc(C#N)cc(C)c1COc1ccc(Oc2ccccc2)cc1. The summed E-state index contributed by atoms with van der Waals surface area (Å²) >= 11 is 0. The molecule has 1 amide bonds. The second-order valence-corrected chi connectivity index (χ2v) is 6.19. The summed E-state index contributed by atoms with van der Waals surface area (Å²) < 4.78 is 11.6. The number of hydrogen-bond donors (Lipinski definition) is 1. The summed E-state index contributed by atoms with van der Waals surface area (Å²) in [5.41, 5.74) is 2.48. The van der Waals surface area contributed by atoms with Crippen LogP contribution in [-0.2, 0) is 6.61 Å². The van der Waals surface area contributed by atoms with Crippen LogP contribution in [-0.4, -0.2) is 13.0 Å². The molecule has 0 bridgehead atoms. The van der Waals surface area contributed by atoms with E-state index in [1.54, 1.807) is 19.2 Å². The molecule has 0 heterocycles. The van der Waals surface area contributed by atoms with Gasteiger partial charge in [-0.25, -0.2) is 0 Å². The first-order chi connectivity index (χ1) is 13.6. The molecule has 1 N–H and O–H groups in total. The van der Waals surface area contributed by atoms with Crippen LogP contribution in [0.1, 0.15) is 27.0 Å². The van der Waals surface area contributed by atoms with E-state index < -0.39 is 0 Å². The zero-order chi connectivity index (χ0) is 19.9. The highest BCUT2D eigenvalue weighted by Crippen LogP contribution is 2.25. The lowest BCUT2D eigenvalue weighted by atomic mass is 9.98. The summed E-state index contributed by atoms with van der Waals surface area (Å²) in [6.07, 6.45) is 0. The van der Waals surface area contributed by atoms with Gasteiger partial charge in [-0.3, -0.25) is 4.79 Å². The van der Waals surface area contributed by atoms with Crippen LogP contribution in [0.3, 0.4) is 0 Å². The van der Waals surface area contributed by atoms with Crippen LogP contribution < -0.4 is 14.8 Å². The van der Waals surface area contributed by atoms with Crippen molar-refractivity contribution in [1.29, 1.82) is 5.26 Å². The molecule has 0 saturated heterocycles. The largest absolute Gasteiger partial charge is 0.489 e. The molecule has 140 valence electrons. The first-order valence-corrected chi connectivity index (χ1v) is 8.82. The van der Waals surface area contributed by atoms with Crippen LogP contribution >= 0.6 is 0 Å². The standard InChI is InChI=1S/C23H20N2O3/c1-16-12-17(14-24)13-21(23(26)25-2)22(16)15-27-18-8-10-20(11-9-18)28-19-6-4-3-5-7-19/h3-13H,15H2,1-2H3,(H,25,26). The highest BCUT2D eigenvalue weighted by Gasteiger charge is 2.15. The number of carbonyl (C=O) groups excluding carboxylic acids is 1. The number of carbonyl (C=O) groups is 1. The monoisotopic (exact) mass is 372 g/mol. The molecule has 0 spiro atoms. The fourth-order valence-corrected chi connectivity index (χ4v) is 2.79. The fourth-order valence-electron chi connectivity index (χ4n) is 2.79. The van der Waals surface area contributed by atoms with Gasteiger partial charge in [-0.15, -0.1) is 0 Å². The Balaban J connectivity index is 1.73. The Bertz CT molecular complexity index is 1010. The topological polar surface area (TPSA) is 71.4 Å². The van der Waals surface area contributed by atoms with Gasteiger partial charge in [-0.1, -0.05) is 18.2 Å². The Morgan fingerprint density at radius 3 is 2.29 bits per heavy atom. The van der Waals surface area contributed by atoms with Crippen molar-refractivity contribution >= 4 is 5.91 Å². The highest BCUT2D eigenvalue weighted by atomic mass is 16.5. The first kappa shape index (κ1) is 19.0. The summed E-state index contributed by atoms with van der Waals surface area (Å²) in [5.74, 6) is 1.89. The molecule has 0 unspecified atom stereocenters. The smallest absolute Gasteiger partial charge is 0.251 e. The predicted molar refractivity (Wildman–Crippen MR) is 107 cm³/mol. The van der Waals surface area contributed by atoms with Gasteiger partial charge in [0.15, 0.2) is 0 Å². The predicted octanol–water partition coefficient (Wildman–Crippen LogP) is 4.60. The van der Waals surface area contributed by atoms with E-state index in [9.17, 15) is 4.79 Å². The van der Waals surface area contributed by atoms with Gasteiger partial charge in [-0.05, 0) is 61.0 Å². The van der Waals surface area contributed by atoms with Gasteiger partial charge in [0.2, 0.25) is 0 Å². The van der Waals surface area contributed by atoms with Crippen molar-refractivity contribution in [2.45, 2.75) is 13.5 Å².